The average Bonchev–Trinajstić information content (AvgIpc) is 3.38. The molecule has 0 saturated carbocycles. The van der Waals surface area contributed by atoms with Gasteiger partial charge in [0.2, 0.25) is 5.91 Å². The number of aliphatic hydroxyl groups is 5. The number of hydrogen-bond donors (Lipinski definition) is 6. The van der Waals surface area contributed by atoms with Crippen LogP contribution in [0.3, 0.4) is 0 Å². The van der Waals surface area contributed by atoms with Crippen molar-refractivity contribution < 1.29 is 39.8 Å². The Balaban J connectivity index is 2.25. The van der Waals surface area contributed by atoms with Crippen molar-refractivity contribution in [2.45, 2.75) is 294 Å². The summed E-state index contributed by atoms with van der Waals surface area (Å²) in [4.78, 5) is 13.0. The zero-order valence-corrected chi connectivity index (χ0v) is 46.2. The maximum absolute atomic E-state index is 13.0. The minimum atomic E-state index is -1.58. The van der Waals surface area contributed by atoms with Gasteiger partial charge < -0.3 is 40.3 Å². The maximum Gasteiger partial charge on any atom is 0.220 e. The fourth-order valence-electron chi connectivity index (χ4n) is 9.00. The number of allylic oxidation sites excluding steroid dienone is 13. The van der Waals surface area contributed by atoms with Gasteiger partial charge in [0.25, 0.3) is 0 Å². The van der Waals surface area contributed by atoms with E-state index in [1.165, 1.54) is 135 Å². The molecular formula is C63H111NO8. The van der Waals surface area contributed by atoms with Crippen LogP contribution < -0.4 is 5.32 Å². The van der Waals surface area contributed by atoms with Gasteiger partial charge in [-0.25, -0.2) is 0 Å². The van der Waals surface area contributed by atoms with Gasteiger partial charge in [-0.3, -0.25) is 4.79 Å². The fourth-order valence-corrected chi connectivity index (χ4v) is 9.00. The summed E-state index contributed by atoms with van der Waals surface area (Å²) in [5.41, 5.74) is 0. The third-order valence-electron chi connectivity index (χ3n) is 13.7. The van der Waals surface area contributed by atoms with Crippen LogP contribution in [-0.2, 0) is 14.3 Å². The molecule has 0 bridgehead atoms. The molecule has 1 saturated heterocycles. The number of carbonyl (C=O) groups is 1. The highest BCUT2D eigenvalue weighted by Crippen LogP contribution is 2.23. The number of unbranched alkanes of at least 4 members (excludes halogenated alkanes) is 28. The van der Waals surface area contributed by atoms with Crippen LogP contribution in [-0.4, -0.2) is 87.5 Å². The molecule has 1 aliphatic rings. The zero-order valence-electron chi connectivity index (χ0n) is 46.2. The van der Waals surface area contributed by atoms with E-state index in [0.717, 1.165) is 96.3 Å². The molecule has 0 spiro atoms. The molecule has 7 unspecified atom stereocenters. The largest absolute Gasteiger partial charge is 0.394 e. The highest BCUT2D eigenvalue weighted by Gasteiger charge is 2.44. The van der Waals surface area contributed by atoms with Crippen LogP contribution >= 0.6 is 0 Å². The molecule has 0 aliphatic carbocycles. The lowest BCUT2D eigenvalue weighted by molar-refractivity contribution is -0.302. The maximum atomic E-state index is 13.0. The van der Waals surface area contributed by atoms with Gasteiger partial charge in [0, 0.05) is 6.42 Å². The van der Waals surface area contributed by atoms with Crippen molar-refractivity contribution in [2.24, 2.45) is 0 Å². The van der Waals surface area contributed by atoms with Gasteiger partial charge in [0.1, 0.15) is 24.4 Å². The minimum absolute atomic E-state index is 0.207. The number of aliphatic hydroxyl groups excluding tert-OH is 5. The van der Waals surface area contributed by atoms with Crippen molar-refractivity contribution >= 4 is 5.91 Å². The predicted molar refractivity (Wildman–Crippen MR) is 304 cm³/mol. The molecular weight excluding hydrogens is 899 g/mol. The van der Waals surface area contributed by atoms with E-state index in [4.69, 9.17) is 9.47 Å². The monoisotopic (exact) mass is 1010 g/mol. The van der Waals surface area contributed by atoms with Crippen LogP contribution in [0.25, 0.3) is 0 Å². The molecule has 72 heavy (non-hydrogen) atoms. The standard InChI is InChI=1S/C63H111NO8/c1-3-5-7-9-11-13-15-17-19-21-23-24-25-26-27-28-29-30-31-32-33-35-36-38-40-42-44-46-48-50-52-57(66)56(55-71-63-62(70)61(69)60(68)58(54-65)72-63)64-59(67)53-51-49-47-45-43-41-39-37-34-22-20-18-16-14-12-10-8-6-4-2/h6,8,12,14,18,20,34-37,42,44,50,52,56-58,60-63,65-66,68-70H,3-5,7,9-11,13,15-17,19,21-33,38-41,43,45-49,51,53-55H2,1-2H3,(H,64,67)/b8-6-,14-12-,20-18-,36-35+,37-34-,44-42+,52-50+. The Morgan fingerprint density at radius 2 is 0.875 bits per heavy atom. The van der Waals surface area contributed by atoms with Crippen LogP contribution in [0.4, 0.5) is 0 Å². The molecule has 1 rings (SSSR count). The lowest BCUT2D eigenvalue weighted by Gasteiger charge is -2.40. The summed E-state index contributed by atoms with van der Waals surface area (Å²) in [5, 5.41) is 54.5. The molecule has 1 heterocycles. The average molecular weight is 1010 g/mol. The van der Waals surface area contributed by atoms with Crippen LogP contribution in [0, 0.1) is 0 Å². The Morgan fingerprint density at radius 1 is 0.486 bits per heavy atom. The summed E-state index contributed by atoms with van der Waals surface area (Å²) < 4.78 is 11.2. The normalized spacial score (nSPS) is 19.8. The van der Waals surface area contributed by atoms with Crippen molar-refractivity contribution in [3.05, 3.63) is 85.1 Å². The second-order valence-electron chi connectivity index (χ2n) is 20.4. The number of hydrogen-bond acceptors (Lipinski definition) is 8. The minimum Gasteiger partial charge on any atom is -0.394 e. The molecule has 416 valence electrons. The summed E-state index contributed by atoms with van der Waals surface area (Å²) in [6.45, 7) is 3.65. The molecule has 9 heteroatoms. The van der Waals surface area contributed by atoms with Crippen LogP contribution in [0.1, 0.15) is 251 Å². The van der Waals surface area contributed by atoms with Gasteiger partial charge in [0.15, 0.2) is 6.29 Å². The molecule has 6 N–H and O–H groups in total. The third-order valence-corrected chi connectivity index (χ3v) is 13.7. The zero-order chi connectivity index (χ0) is 52.2. The molecule has 7 atom stereocenters. The van der Waals surface area contributed by atoms with Crippen LogP contribution in [0.15, 0.2) is 85.1 Å². The summed E-state index contributed by atoms with van der Waals surface area (Å²) in [6.07, 6.45) is 66.6. The van der Waals surface area contributed by atoms with Crippen molar-refractivity contribution in [1.82, 2.24) is 5.32 Å². The Labute approximate surface area is 441 Å². The first-order chi connectivity index (χ1) is 35.3. The molecule has 0 aromatic rings. The van der Waals surface area contributed by atoms with Gasteiger partial charge in [-0.05, 0) is 83.5 Å². The first-order valence-corrected chi connectivity index (χ1v) is 29.8. The topological polar surface area (TPSA) is 149 Å². The molecule has 0 aromatic carbocycles. The lowest BCUT2D eigenvalue weighted by atomic mass is 9.99. The highest BCUT2D eigenvalue weighted by atomic mass is 16.7. The Kier molecular flexibility index (Phi) is 48.5. The first kappa shape index (κ1) is 67.4. The number of amides is 1. The third kappa shape index (κ3) is 40.7. The molecule has 1 fully saturated rings. The molecule has 9 nitrogen and oxygen atoms in total. The highest BCUT2D eigenvalue weighted by molar-refractivity contribution is 5.76. The van der Waals surface area contributed by atoms with E-state index >= 15 is 0 Å². The van der Waals surface area contributed by atoms with Crippen molar-refractivity contribution in [1.29, 1.82) is 0 Å². The summed E-state index contributed by atoms with van der Waals surface area (Å²) >= 11 is 0. The Hall–Kier alpha value is -2.63. The lowest BCUT2D eigenvalue weighted by Crippen LogP contribution is -2.60. The van der Waals surface area contributed by atoms with E-state index in [-0.39, 0.29) is 12.5 Å². The second-order valence-corrected chi connectivity index (χ2v) is 20.4. The quantitative estimate of drug-likeness (QED) is 0.0261. The van der Waals surface area contributed by atoms with Crippen molar-refractivity contribution in [3.8, 4) is 0 Å². The first-order valence-electron chi connectivity index (χ1n) is 29.8. The van der Waals surface area contributed by atoms with Gasteiger partial charge in [0.05, 0.1) is 25.4 Å². The van der Waals surface area contributed by atoms with Gasteiger partial charge in [-0.2, -0.15) is 0 Å². The molecule has 1 aliphatic heterocycles. The van der Waals surface area contributed by atoms with E-state index in [1.807, 2.05) is 6.08 Å². The van der Waals surface area contributed by atoms with Gasteiger partial charge >= 0.3 is 0 Å². The second kappa shape index (κ2) is 51.8. The Morgan fingerprint density at radius 3 is 1.33 bits per heavy atom. The summed E-state index contributed by atoms with van der Waals surface area (Å²) in [6, 6.07) is -0.842. The number of carbonyl (C=O) groups excluding carboxylic acids is 1. The number of nitrogens with one attached hydrogen (secondary N) is 1. The Bertz CT molecular complexity index is 1400. The smallest absolute Gasteiger partial charge is 0.220 e. The molecule has 1 amide bonds. The number of rotatable bonds is 50. The van der Waals surface area contributed by atoms with Gasteiger partial charge in [-0.1, -0.05) is 247 Å². The van der Waals surface area contributed by atoms with E-state index in [9.17, 15) is 30.3 Å². The SMILES string of the molecule is CC/C=C\C/C=C\C/C=C\C/C=C\CCCCCCCCC(=O)NC(COC1OC(CO)C(O)C(O)C1O)C(O)/C=C/CC/C=C/CC/C=C/CCCCCCCCCCCCCCCCCCCCCC. The van der Waals surface area contributed by atoms with Crippen LogP contribution in [0.5, 0.6) is 0 Å². The van der Waals surface area contributed by atoms with Crippen LogP contribution in [0.2, 0.25) is 0 Å². The van der Waals surface area contributed by atoms with E-state index in [0.29, 0.717) is 6.42 Å². The van der Waals surface area contributed by atoms with E-state index < -0.39 is 49.5 Å². The fraction of sp³-hybridized carbons (Fsp3) is 0.762. The van der Waals surface area contributed by atoms with E-state index in [2.05, 4.69) is 92.1 Å². The van der Waals surface area contributed by atoms with Crippen molar-refractivity contribution in [3.63, 3.8) is 0 Å². The number of ether oxygens (including phenoxy) is 2. The molecule has 0 aromatic heterocycles. The predicted octanol–water partition coefficient (Wildman–Crippen LogP) is 15.0. The summed E-state index contributed by atoms with van der Waals surface area (Å²) in [7, 11) is 0. The van der Waals surface area contributed by atoms with Crippen molar-refractivity contribution in [2.75, 3.05) is 13.2 Å². The summed E-state index contributed by atoms with van der Waals surface area (Å²) in [5.74, 6) is -0.207. The van der Waals surface area contributed by atoms with Gasteiger partial charge in [-0.15, -0.1) is 0 Å². The van der Waals surface area contributed by atoms with E-state index in [1.54, 1.807) is 6.08 Å². The molecule has 0 radical (unpaired) electrons.